The zero-order chi connectivity index (χ0) is 23.5. The molecule has 7 heteroatoms. The molecule has 1 aromatic heterocycles. The van der Waals surface area contributed by atoms with Gasteiger partial charge >= 0.3 is 0 Å². The number of benzene rings is 2. The summed E-state index contributed by atoms with van der Waals surface area (Å²) in [6.45, 7) is 1.36. The lowest BCUT2D eigenvalue weighted by Crippen LogP contribution is -2.44. The number of methoxy groups -OCH3 is 2. The molecule has 0 aliphatic heterocycles. The minimum absolute atomic E-state index is 0.0737. The van der Waals surface area contributed by atoms with Crippen LogP contribution in [0.3, 0.4) is 0 Å². The summed E-state index contributed by atoms with van der Waals surface area (Å²) in [6.07, 6.45) is 2.29. The summed E-state index contributed by atoms with van der Waals surface area (Å²) in [7, 11) is 3.09. The third kappa shape index (κ3) is 6.95. The highest BCUT2D eigenvalue weighted by Gasteiger charge is 2.24. The van der Waals surface area contributed by atoms with Gasteiger partial charge in [0.25, 0.3) is 5.91 Å². The van der Waals surface area contributed by atoms with Gasteiger partial charge < -0.3 is 23.7 Å². The van der Waals surface area contributed by atoms with Gasteiger partial charge in [0, 0.05) is 20.2 Å². The molecule has 0 bridgehead atoms. The first-order valence-electron chi connectivity index (χ1n) is 10.9. The lowest BCUT2D eigenvalue weighted by atomic mass is 10.1. The van der Waals surface area contributed by atoms with Crippen molar-refractivity contribution in [2.24, 2.45) is 0 Å². The lowest BCUT2D eigenvalue weighted by Gasteiger charge is -2.27. The molecule has 2 aromatic carbocycles. The molecule has 0 spiro atoms. The summed E-state index contributed by atoms with van der Waals surface area (Å²) in [5.74, 6) is 0.713. The third-order valence-corrected chi connectivity index (χ3v) is 5.31. The van der Waals surface area contributed by atoms with E-state index in [1.54, 1.807) is 48.6 Å². The molecular weight excluding hydrogens is 420 g/mol. The Balaban J connectivity index is 1.77. The van der Waals surface area contributed by atoms with E-state index >= 15 is 0 Å². The summed E-state index contributed by atoms with van der Waals surface area (Å²) < 4.78 is 16.0. The first-order valence-corrected chi connectivity index (χ1v) is 10.9. The fourth-order valence-electron chi connectivity index (χ4n) is 3.50. The first-order chi connectivity index (χ1) is 16.1. The van der Waals surface area contributed by atoms with Crippen LogP contribution in [-0.4, -0.2) is 62.1 Å². The molecule has 0 atom stereocenters. The Bertz CT molecular complexity index is 1000. The summed E-state index contributed by atoms with van der Waals surface area (Å²) in [5.41, 5.74) is 1.54. The van der Waals surface area contributed by atoms with Gasteiger partial charge in [-0.3, -0.25) is 9.59 Å². The second-order valence-corrected chi connectivity index (χ2v) is 7.55. The Labute approximate surface area is 194 Å². The molecule has 0 radical (unpaired) electrons. The number of amides is 2. The van der Waals surface area contributed by atoms with Crippen LogP contribution in [0.15, 0.2) is 77.4 Å². The minimum atomic E-state index is -0.279. The number of carbonyl (C=O) groups is 2. The number of furan rings is 1. The van der Waals surface area contributed by atoms with Gasteiger partial charge in [0.1, 0.15) is 18.1 Å². The monoisotopic (exact) mass is 450 g/mol. The molecule has 1 heterocycles. The van der Waals surface area contributed by atoms with Crippen LogP contribution in [0, 0.1) is 0 Å². The van der Waals surface area contributed by atoms with Crippen molar-refractivity contribution in [3.8, 4) is 5.75 Å². The van der Waals surface area contributed by atoms with E-state index in [2.05, 4.69) is 0 Å². The van der Waals surface area contributed by atoms with Crippen LogP contribution >= 0.6 is 0 Å². The standard InChI is InChI=1S/C26H30N2O5/c1-31-18-16-28(26(30)23-12-6-7-13-24(23)32-2)20-25(29)27(19-22-11-8-17-33-22)15-14-21-9-4-3-5-10-21/h3-13,17H,14-16,18-20H2,1-2H3. The van der Waals surface area contributed by atoms with Crippen molar-refractivity contribution >= 4 is 11.8 Å². The Morgan fingerprint density at radius 1 is 0.879 bits per heavy atom. The van der Waals surface area contributed by atoms with Crippen LogP contribution in [0.1, 0.15) is 21.7 Å². The van der Waals surface area contributed by atoms with E-state index in [1.165, 1.54) is 12.0 Å². The second kappa shape index (κ2) is 12.5. The Kier molecular flexibility index (Phi) is 9.08. The van der Waals surface area contributed by atoms with E-state index in [0.717, 1.165) is 5.56 Å². The predicted octanol–water partition coefficient (Wildman–Crippen LogP) is 3.65. The summed E-state index contributed by atoms with van der Waals surface area (Å²) in [6, 6.07) is 20.6. The number of nitrogens with zero attached hydrogens (tertiary/aromatic N) is 2. The molecule has 0 fully saturated rings. The average Bonchev–Trinajstić information content (AvgIpc) is 3.37. The van der Waals surface area contributed by atoms with Crippen LogP contribution in [0.5, 0.6) is 5.75 Å². The van der Waals surface area contributed by atoms with Gasteiger partial charge in [0.2, 0.25) is 5.91 Å². The van der Waals surface area contributed by atoms with Gasteiger partial charge in [0.05, 0.1) is 32.1 Å². The molecular formula is C26H30N2O5. The van der Waals surface area contributed by atoms with E-state index in [4.69, 9.17) is 13.9 Å². The highest BCUT2D eigenvalue weighted by molar-refractivity contribution is 5.98. The van der Waals surface area contributed by atoms with E-state index in [9.17, 15) is 9.59 Å². The number of rotatable bonds is 12. The molecule has 0 aliphatic carbocycles. The largest absolute Gasteiger partial charge is 0.496 e. The SMILES string of the molecule is COCCN(CC(=O)N(CCc1ccccc1)Cc1ccco1)C(=O)c1ccccc1OC. The topological polar surface area (TPSA) is 72.2 Å². The van der Waals surface area contributed by atoms with E-state index < -0.39 is 0 Å². The van der Waals surface area contributed by atoms with Gasteiger partial charge in [-0.15, -0.1) is 0 Å². The lowest BCUT2D eigenvalue weighted by molar-refractivity contribution is -0.132. The Hall–Kier alpha value is -3.58. The maximum atomic E-state index is 13.4. The smallest absolute Gasteiger partial charge is 0.258 e. The van der Waals surface area contributed by atoms with E-state index in [1.807, 2.05) is 36.4 Å². The van der Waals surface area contributed by atoms with Gasteiger partial charge in [-0.25, -0.2) is 0 Å². The Morgan fingerprint density at radius 3 is 2.33 bits per heavy atom. The molecule has 0 saturated heterocycles. The number of carbonyl (C=O) groups excluding carboxylic acids is 2. The second-order valence-electron chi connectivity index (χ2n) is 7.55. The average molecular weight is 451 g/mol. The minimum Gasteiger partial charge on any atom is -0.496 e. The van der Waals surface area contributed by atoms with Crippen molar-refractivity contribution < 1.29 is 23.5 Å². The molecule has 0 unspecified atom stereocenters. The maximum absolute atomic E-state index is 13.4. The molecule has 2 amide bonds. The van der Waals surface area contributed by atoms with Crippen molar-refractivity contribution in [3.63, 3.8) is 0 Å². The van der Waals surface area contributed by atoms with Crippen LogP contribution in [0.4, 0.5) is 0 Å². The van der Waals surface area contributed by atoms with Crippen LogP contribution in [0.2, 0.25) is 0 Å². The molecule has 0 aliphatic rings. The maximum Gasteiger partial charge on any atom is 0.258 e. The van der Waals surface area contributed by atoms with Gasteiger partial charge in [-0.05, 0) is 36.2 Å². The molecule has 0 N–H and O–H groups in total. The molecule has 0 saturated carbocycles. The van der Waals surface area contributed by atoms with Crippen LogP contribution < -0.4 is 4.74 Å². The van der Waals surface area contributed by atoms with Gasteiger partial charge in [0.15, 0.2) is 0 Å². The quantitative estimate of drug-likeness (QED) is 0.421. The summed E-state index contributed by atoms with van der Waals surface area (Å²) in [4.78, 5) is 29.9. The zero-order valence-electron chi connectivity index (χ0n) is 19.1. The highest BCUT2D eigenvalue weighted by atomic mass is 16.5. The highest BCUT2D eigenvalue weighted by Crippen LogP contribution is 2.19. The summed E-state index contributed by atoms with van der Waals surface area (Å²) >= 11 is 0. The zero-order valence-corrected chi connectivity index (χ0v) is 19.1. The van der Waals surface area contributed by atoms with Gasteiger partial charge in [-0.1, -0.05) is 42.5 Å². The van der Waals surface area contributed by atoms with E-state index in [0.29, 0.717) is 43.2 Å². The van der Waals surface area contributed by atoms with Crippen molar-refractivity contribution in [2.75, 3.05) is 40.5 Å². The number of hydrogen-bond acceptors (Lipinski definition) is 5. The van der Waals surface area contributed by atoms with Crippen molar-refractivity contribution in [1.82, 2.24) is 9.80 Å². The molecule has 7 nitrogen and oxygen atoms in total. The molecule has 174 valence electrons. The van der Waals surface area contributed by atoms with Crippen molar-refractivity contribution in [3.05, 3.63) is 89.9 Å². The van der Waals surface area contributed by atoms with Crippen molar-refractivity contribution in [2.45, 2.75) is 13.0 Å². The molecule has 3 aromatic rings. The summed E-state index contributed by atoms with van der Waals surface area (Å²) in [5, 5.41) is 0. The van der Waals surface area contributed by atoms with Gasteiger partial charge in [-0.2, -0.15) is 0 Å². The number of hydrogen-bond donors (Lipinski definition) is 0. The van der Waals surface area contributed by atoms with Crippen LogP contribution in [0.25, 0.3) is 0 Å². The first kappa shape index (κ1) is 24.1. The number of para-hydroxylation sites is 1. The molecule has 3 rings (SSSR count). The Morgan fingerprint density at radius 2 is 1.64 bits per heavy atom. The fourth-order valence-corrected chi connectivity index (χ4v) is 3.50. The van der Waals surface area contributed by atoms with Crippen molar-refractivity contribution in [1.29, 1.82) is 0 Å². The van der Waals surface area contributed by atoms with E-state index in [-0.39, 0.29) is 24.9 Å². The fraction of sp³-hybridized carbons (Fsp3) is 0.308. The molecule has 33 heavy (non-hydrogen) atoms. The predicted molar refractivity (Wildman–Crippen MR) is 125 cm³/mol. The van der Waals surface area contributed by atoms with Crippen LogP contribution in [-0.2, 0) is 22.5 Å². The normalized spacial score (nSPS) is 10.6. The number of ether oxygens (including phenoxy) is 2. The third-order valence-electron chi connectivity index (χ3n) is 5.31.